The van der Waals surface area contributed by atoms with E-state index in [1.165, 1.54) is 5.69 Å². The quantitative estimate of drug-likeness (QED) is 0.706. The number of benzene rings is 1. The average molecular weight is 410 g/mol. The van der Waals surface area contributed by atoms with Crippen LogP contribution in [0.5, 0.6) is 0 Å². The number of amides is 1. The number of hydrogen-bond acceptors (Lipinski definition) is 7. The number of piperazine rings is 2. The van der Waals surface area contributed by atoms with Crippen LogP contribution in [0.25, 0.3) is 0 Å². The number of carbonyl (C=O) groups excluding carboxylic acids is 1. The molecule has 160 valence electrons. The molecular weight excluding hydrogens is 378 g/mol. The molecule has 0 bridgehead atoms. The van der Waals surface area contributed by atoms with E-state index in [-0.39, 0.29) is 5.91 Å². The van der Waals surface area contributed by atoms with Gasteiger partial charge in [-0.1, -0.05) is 18.2 Å². The Morgan fingerprint density at radius 1 is 0.967 bits per heavy atom. The van der Waals surface area contributed by atoms with Gasteiger partial charge in [0, 0.05) is 78.2 Å². The topological polar surface area (TPSA) is 59.1 Å². The average Bonchev–Trinajstić information content (AvgIpc) is 2.80. The van der Waals surface area contributed by atoms with E-state index in [2.05, 4.69) is 62.0 Å². The van der Waals surface area contributed by atoms with Gasteiger partial charge in [-0.15, -0.1) is 0 Å². The van der Waals surface area contributed by atoms with Crippen molar-refractivity contribution in [2.24, 2.45) is 0 Å². The van der Waals surface area contributed by atoms with Crippen LogP contribution in [-0.4, -0.2) is 98.7 Å². The van der Waals surface area contributed by atoms with Crippen LogP contribution in [0.3, 0.4) is 0 Å². The Labute approximate surface area is 178 Å². The molecular formula is C22H31N7O. The fourth-order valence-electron chi connectivity index (χ4n) is 3.95. The van der Waals surface area contributed by atoms with Gasteiger partial charge in [0.15, 0.2) is 0 Å². The third-order valence-electron chi connectivity index (χ3n) is 6.06. The van der Waals surface area contributed by atoms with Crippen LogP contribution in [0.4, 0.5) is 17.3 Å². The van der Waals surface area contributed by atoms with Crippen LogP contribution in [-0.2, 0) is 4.79 Å². The second-order valence-electron chi connectivity index (χ2n) is 8.06. The molecule has 2 aliphatic heterocycles. The minimum absolute atomic E-state index is 0.129. The van der Waals surface area contributed by atoms with Crippen molar-refractivity contribution < 1.29 is 4.79 Å². The van der Waals surface area contributed by atoms with Crippen molar-refractivity contribution in [1.82, 2.24) is 19.8 Å². The summed E-state index contributed by atoms with van der Waals surface area (Å²) in [4.78, 5) is 31.8. The summed E-state index contributed by atoms with van der Waals surface area (Å²) in [5.41, 5.74) is 1.31. The zero-order valence-corrected chi connectivity index (χ0v) is 17.9. The van der Waals surface area contributed by atoms with E-state index in [0.29, 0.717) is 6.54 Å². The predicted molar refractivity (Wildman–Crippen MR) is 120 cm³/mol. The second-order valence-corrected chi connectivity index (χ2v) is 8.06. The minimum Gasteiger partial charge on any atom is -0.369 e. The van der Waals surface area contributed by atoms with Crippen LogP contribution in [0.15, 0.2) is 42.7 Å². The zero-order valence-electron chi connectivity index (χ0n) is 17.9. The van der Waals surface area contributed by atoms with E-state index in [1.54, 1.807) is 11.2 Å². The van der Waals surface area contributed by atoms with Crippen molar-refractivity contribution >= 4 is 23.2 Å². The molecule has 2 saturated heterocycles. The lowest BCUT2D eigenvalue weighted by Gasteiger charge is -2.37. The molecule has 0 N–H and O–H groups in total. The summed E-state index contributed by atoms with van der Waals surface area (Å²) in [6.45, 7) is 8.07. The van der Waals surface area contributed by atoms with Gasteiger partial charge in [0.2, 0.25) is 5.91 Å². The normalized spacial score (nSPS) is 18.1. The maximum absolute atomic E-state index is 12.0. The molecule has 3 heterocycles. The summed E-state index contributed by atoms with van der Waals surface area (Å²) in [5.74, 6) is 1.85. The number of hydrogen-bond donors (Lipinski definition) is 0. The largest absolute Gasteiger partial charge is 0.369 e. The monoisotopic (exact) mass is 409 g/mol. The number of aromatic nitrogens is 2. The maximum atomic E-state index is 12.0. The highest BCUT2D eigenvalue weighted by Crippen LogP contribution is 2.19. The molecule has 2 fully saturated rings. The first-order chi connectivity index (χ1) is 14.6. The van der Waals surface area contributed by atoms with Gasteiger partial charge in [-0.05, 0) is 12.1 Å². The van der Waals surface area contributed by atoms with E-state index in [4.69, 9.17) is 0 Å². The van der Waals surface area contributed by atoms with Crippen molar-refractivity contribution in [3.05, 3.63) is 42.7 Å². The Kier molecular flexibility index (Phi) is 6.32. The molecule has 30 heavy (non-hydrogen) atoms. The fraction of sp³-hybridized carbons (Fsp3) is 0.500. The number of likely N-dealkylation sites (N-methyl/N-ethyl adjacent to an activating group) is 2. The summed E-state index contributed by atoms with van der Waals surface area (Å²) in [6.07, 6.45) is 1.60. The highest BCUT2D eigenvalue weighted by Gasteiger charge is 2.23. The van der Waals surface area contributed by atoms with Crippen LogP contribution >= 0.6 is 0 Å². The van der Waals surface area contributed by atoms with Crippen LogP contribution in [0.1, 0.15) is 0 Å². The molecule has 8 nitrogen and oxygen atoms in total. The summed E-state index contributed by atoms with van der Waals surface area (Å²) in [6, 6.07) is 12.6. The number of carbonyl (C=O) groups is 1. The molecule has 4 rings (SSSR count). The Morgan fingerprint density at radius 2 is 1.70 bits per heavy atom. The lowest BCUT2D eigenvalue weighted by Crippen LogP contribution is -2.49. The summed E-state index contributed by atoms with van der Waals surface area (Å²) < 4.78 is 0. The summed E-state index contributed by atoms with van der Waals surface area (Å²) in [7, 11) is 3.92. The lowest BCUT2D eigenvalue weighted by atomic mass is 10.2. The molecule has 2 aliphatic rings. The van der Waals surface area contributed by atoms with Crippen LogP contribution < -0.4 is 14.7 Å². The van der Waals surface area contributed by atoms with Crippen molar-refractivity contribution in [1.29, 1.82) is 0 Å². The van der Waals surface area contributed by atoms with Crippen LogP contribution in [0, 0.1) is 0 Å². The van der Waals surface area contributed by atoms with E-state index >= 15 is 0 Å². The number of anilines is 3. The van der Waals surface area contributed by atoms with Gasteiger partial charge in [0.1, 0.15) is 18.0 Å². The maximum Gasteiger partial charge on any atom is 0.241 e. The molecule has 0 saturated carbocycles. The fourth-order valence-corrected chi connectivity index (χ4v) is 3.95. The lowest BCUT2D eigenvalue weighted by molar-refractivity contribution is -0.129. The molecule has 0 unspecified atom stereocenters. The molecule has 0 radical (unpaired) electrons. The van der Waals surface area contributed by atoms with Gasteiger partial charge < -0.3 is 19.6 Å². The highest BCUT2D eigenvalue weighted by atomic mass is 16.2. The number of para-hydroxylation sites is 1. The van der Waals surface area contributed by atoms with Gasteiger partial charge in [0.25, 0.3) is 0 Å². The first-order valence-electron chi connectivity index (χ1n) is 10.6. The number of nitrogens with zero attached hydrogens (tertiary/aromatic N) is 7. The Bertz CT molecular complexity index is 838. The Balaban J connectivity index is 1.27. The van der Waals surface area contributed by atoms with Gasteiger partial charge in [-0.3, -0.25) is 9.69 Å². The zero-order chi connectivity index (χ0) is 20.9. The van der Waals surface area contributed by atoms with Crippen molar-refractivity contribution in [2.75, 3.05) is 87.7 Å². The molecule has 1 aromatic carbocycles. The molecule has 0 spiro atoms. The second kappa shape index (κ2) is 9.30. The van der Waals surface area contributed by atoms with E-state index in [0.717, 1.165) is 64.0 Å². The van der Waals surface area contributed by atoms with E-state index in [9.17, 15) is 4.79 Å². The van der Waals surface area contributed by atoms with Crippen LogP contribution in [0.2, 0.25) is 0 Å². The third-order valence-corrected chi connectivity index (χ3v) is 6.06. The van der Waals surface area contributed by atoms with Gasteiger partial charge in [-0.25, -0.2) is 9.97 Å². The van der Waals surface area contributed by atoms with Gasteiger partial charge in [0.05, 0.1) is 6.54 Å². The highest BCUT2D eigenvalue weighted by molar-refractivity contribution is 5.82. The van der Waals surface area contributed by atoms with Crippen molar-refractivity contribution in [3.63, 3.8) is 0 Å². The molecule has 0 aliphatic carbocycles. The Hall–Kier alpha value is -2.87. The third kappa shape index (κ3) is 4.81. The van der Waals surface area contributed by atoms with Gasteiger partial charge in [-0.2, -0.15) is 0 Å². The first kappa shape index (κ1) is 20.4. The van der Waals surface area contributed by atoms with Gasteiger partial charge >= 0.3 is 0 Å². The summed E-state index contributed by atoms with van der Waals surface area (Å²) >= 11 is 0. The predicted octanol–water partition coefficient (Wildman–Crippen LogP) is 1.01. The SMILES string of the molecule is CN1CCN(c2cc(N(C)CCN3CCN(c4ccccc4)CC3)ncn2)CC1=O. The molecule has 8 heteroatoms. The first-order valence-corrected chi connectivity index (χ1v) is 10.6. The Morgan fingerprint density at radius 3 is 2.43 bits per heavy atom. The molecule has 1 amide bonds. The van der Waals surface area contributed by atoms with Crippen molar-refractivity contribution in [3.8, 4) is 0 Å². The minimum atomic E-state index is 0.129. The van der Waals surface area contributed by atoms with E-state index in [1.807, 2.05) is 18.0 Å². The summed E-state index contributed by atoms with van der Waals surface area (Å²) in [5, 5.41) is 0. The molecule has 1 aromatic heterocycles. The van der Waals surface area contributed by atoms with E-state index < -0.39 is 0 Å². The standard InChI is InChI=1S/C22H31N7O/c1-25(8-10-27-11-14-28(15-12-27)19-6-4-3-5-7-19)20-16-21(24-18-23-20)29-13-9-26(2)22(30)17-29/h3-7,16,18H,8-15,17H2,1-2H3. The van der Waals surface area contributed by atoms with Crippen molar-refractivity contribution in [2.45, 2.75) is 0 Å². The number of rotatable bonds is 6. The smallest absolute Gasteiger partial charge is 0.241 e. The molecule has 0 atom stereocenters. The molecule has 2 aromatic rings.